The van der Waals surface area contributed by atoms with Gasteiger partial charge in [-0.05, 0) is 49.2 Å². The van der Waals surface area contributed by atoms with Crippen LogP contribution >= 0.6 is 11.6 Å². The molecule has 2 aromatic rings. The molecular formula is C19H23ClN2O4S. The number of nitrogens with one attached hydrogen (secondary N) is 1. The van der Waals surface area contributed by atoms with E-state index in [1.807, 2.05) is 43.3 Å². The predicted molar refractivity (Wildman–Crippen MR) is 107 cm³/mol. The molecule has 2 rings (SSSR count). The monoisotopic (exact) mass is 410 g/mol. The van der Waals surface area contributed by atoms with Crippen LogP contribution in [-0.2, 0) is 21.2 Å². The summed E-state index contributed by atoms with van der Waals surface area (Å²) in [5, 5.41) is 0.0395. The summed E-state index contributed by atoms with van der Waals surface area (Å²) in [6.07, 6.45) is 0.515. The highest BCUT2D eigenvalue weighted by atomic mass is 35.5. The Morgan fingerprint density at radius 2 is 1.81 bits per heavy atom. The minimum atomic E-state index is -3.89. The molecule has 146 valence electrons. The van der Waals surface area contributed by atoms with Crippen molar-refractivity contribution in [3.8, 4) is 0 Å². The lowest BCUT2D eigenvalue weighted by molar-refractivity contribution is 0.0600. The molecule has 0 bridgehead atoms. The Hall–Kier alpha value is -2.09. The van der Waals surface area contributed by atoms with E-state index >= 15 is 0 Å². The maximum Gasteiger partial charge on any atom is 0.337 e. The number of ether oxygens (including phenoxy) is 1. The number of carbonyl (C=O) groups excluding carboxylic acids is 1. The van der Waals surface area contributed by atoms with Gasteiger partial charge in [0.2, 0.25) is 10.0 Å². The molecule has 0 aliphatic rings. The molecule has 0 aliphatic heterocycles. The van der Waals surface area contributed by atoms with Crippen LogP contribution in [0, 0.1) is 0 Å². The lowest BCUT2D eigenvalue weighted by Crippen LogP contribution is -2.34. The average Bonchev–Trinajstić information content (AvgIpc) is 2.61. The number of benzene rings is 2. The first-order valence-electron chi connectivity index (χ1n) is 8.30. The van der Waals surface area contributed by atoms with Gasteiger partial charge in [0.25, 0.3) is 0 Å². The molecule has 0 aromatic heterocycles. The van der Waals surface area contributed by atoms with Crippen LogP contribution in [0.4, 0.5) is 5.69 Å². The van der Waals surface area contributed by atoms with Crippen molar-refractivity contribution in [1.29, 1.82) is 0 Å². The molecule has 0 unspecified atom stereocenters. The summed E-state index contributed by atoms with van der Waals surface area (Å²) in [5.74, 6) is -0.628. The Labute approximate surface area is 165 Å². The number of esters is 1. The topological polar surface area (TPSA) is 75.7 Å². The second-order valence-corrected chi connectivity index (χ2v) is 8.51. The number of hydrogen-bond donors (Lipinski definition) is 1. The lowest BCUT2D eigenvalue weighted by atomic mass is 10.1. The molecule has 2 aromatic carbocycles. The lowest BCUT2D eigenvalue weighted by Gasteiger charge is -2.17. The molecule has 0 fully saturated rings. The maximum absolute atomic E-state index is 12.7. The van der Waals surface area contributed by atoms with E-state index < -0.39 is 16.0 Å². The van der Waals surface area contributed by atoms with Crippen molar-refractivity contribution in [1.82, 2.24) is 4.72 Å². The molecule has 6 nitrogen and oxygen atoms in total. The fourth-order valence-electron chi connectivity index (χ4n) is 2.61. The fraction of sp³-hybridized carbons (Fsp3) is 0.316. The van der Waals surface area contributed by atoms with Crippen molar-refractivity contribution in [3.05, 3.63) is 58.6 Å². The first kappa shape index (κ1) is 21.2. The van der Waals surface area contributed by atoms with E-state index in [4.69, 9.17) is 11.6 Å². The van der Waals surface area contributed by atoms with Gasteiger partial charge in [0.1, 0.15) is 4.90 Å². The van der Waals surface area contributed by atoms with Crippen LogP contribution in [0.3, 0.4) is 0 Å². The van der Waals surface area contributed by atoms with E-state index in [1.54, 1.807) is 6.92 Å². The Morgan fingerprint density at radius 3 is 2.37 bits per heavy atom. The first-order valence-corrected chi connectivity index (χ1v) is 10.2. The summed E-state index contributed by atoms with van der Waals surface area (Å²) < 4.78 is 32.6. The van der Waals surface area contributed by atoms with Crippen LogP contribution in [-0.4, -0.2) is 41.6 Å². The summed E-state index contributed by atoms with van der Waals surface area (Å²) in [6.45, 7) is 1.77. The number of carbonyl (C=O) groups is 1. The SMILES string of the molecule is COC(=O)c1ccc(Cl)c(S(=O)(=O)N[C@H](C)Cc2ccc(N(C)C)cc2)c1. The molecule has 1 atom stereocenters. The third-order valence-electron chi connectivity index (χ3n) is 3.99. The molecule has 0 saturated heterocycles. The minimum absolute atomic E-state index is 0.0395. The van der Waals surface area contributed by atoms with Gasteiger partial charge in [0.05, 0.1) is 17.7 Å². The minimum Gasteiger partial charge on any atom is -0.465 e. The Morgan fingerprint density at radius 1 is 1.19 bits per heavy atom. The second-order valence-electron chi connectivity index (χ2n) is 6.42. The predicted octanol–water partition coefficient (Wildman–Crippen LogP) is 3.10. The smallest absolute Gasteiger partial charge is 0.337 e. The van der Waals surface area contributed by atoms with Crippen molar-refractivity contribution in [2.45, 2.75) is 24.3 Å². The molecule has 0 aliphatic carbocycles. The average molecular weight is 411 g/mol. The van der Waals surface area contributed by atoms with Crippen molar-refractivity contribution in [3.63, 3.8) is 0 Å². The van der Waals surface area contributed by atoms with E-state index in [0.717, 1.165) is 11.3 Å². The number of nitrogens with zero attached hydrogens (tertiary/aromatic N) is 1. The quantitative estimate of drug-likeness (QED) is 0.710. The Kier molecular flexibility index (Phi) is 6.86. The number of sulfonamides is 1. The summed E-state index contributed by atoms with van der Waals surface area (Å²) in [4.78, 5) is 13.5. The largest absolute Gasteiger partial charge is 0.465 e. The standard InChI is InChI=1S/C19H23ClN2O4S/c1-13(11-14-5-8-16(9-6-14)22(2)3)21-27(24,25)18-12-15(19(23)26-4)7-10-17(18)20/h5-10,12-13,21H,11H2,1-4H3/t13-/m1/s1. The number of halogens is 1. The van der Waals surface area contributed by atoms with Crippen molar-refractivity contribution >= 4 is 33.3 Å². The molecular weight excluding hydrogens is 388 g/mol. The van der Waals surface area contributed by atoms with Crippen LogP contribution < -0.4 is 9.62 Å². The number of methoxy groups -OCH3 is 1. The molecule has 8 heteroatoms. The van der Waals surface area contributed by atoms with E-state index in [0.29, 0.717) is 6.42 Å². The fourth-order valence-corrected chi connectivity index (χ4v) is 4.38. The maximum atomic E-state index is 12.7. The van der Waals surface area contributed by atoms with E-state index in [-0.39, 0.29) is 21.5 Å². The van der Waals surface area contributed by atoms with E-state index in [1.165, 1.54) is 25.3 Å². The van der Waals surface area contributed by atoms with Crippen LogP contribution in [0.15, 0.2) is 47.4 Å². The van der Waals surface area contributed by atoms with Crippen molar-refractivity contribution in [2.24, 2.45) is 0 Å². The third kappa shape index (κ3) is 5.45. The van der Waals surface area contributed by atoms with Crippen LogP contribution in [0.5, 0.6) is 0 Å². The second kappa shape index (κ2) is 8.73. The highest BCUT2D eigenvalue weighted by Gasteiger charge is 2.22. The van der Waals surface area contributed by atoms with Gasteiger partial charge in [-0.2, -0.15) is 0 Å². The number of hydrogen-bond acceptors (Lipinski definition) is 5. The van der Waals surface area contributed by atoms with Gasteiger partial charge in [0, 0.05) is 25.8 Å². The van der Waals surface area contributed by atoms with Crippen molar-refractivity contribution < 1.29 is 17.9 Å². The molecule has 0 radical (unpaired) electrons. The van der Waals surface area contributed by atoms with Gasteiger partial charge < -0.3 is 9.64 Å². The molecule has 0 amide bonds. The van der Waals surface area contributed by atoms with E-state index in [9.17, 15) is 13.2 Å². The Balaban J connectivity index is 2.16. The zero-order chi connectivity index (χ0) is 20.2. The molecule has 0 heterocycles. The van der Waals surface area contributed by atoms with Gasteiger partial charge in [-0.15, -0.1) is 0 Å². The van der Waals surface area contributed by atoms with E-state index in [2.05, 4.69) is 9.46 Å². The Bertz CT molecular complexity index is 912. The van der Waals surface area contributed by atoms with Crippen molar-refractivity contribution in [2.75, 3.05) is 26.1 Å². The molecule has 0 spiro atoms. The van der Waals surface area contributed by atoms with Gasteiger partial charge in [-0.1, -0.05) is 23.7 Å². The van der Waals surface area contributed by atoms with Gasteiger partial charge >= 0.3 is 5.97 Å². The highest BCUT2D eigenvalue weighted by molar-refractivity contribution is 7.89. The highest BCUT2D eigenvalue weighted by Crippen LogP contribution is 2.23. The summed E-state index contributed by atoms with van der Waals surface area (Å²) in [5.41, 5.74) is 2.19. The summed E-state index contributed by atoms with van der Waals surface area (Å²) in [7, 11) is 1.25. The van der Waals surface area contributed by atoms with Gasteiger partial charge in [-0.25, -0.2) is 17.9 Å². The van der Waals surface area contributed by atoms with Crippen LogP contribution in [0.2, 0.25) is 5.02 Å². The summed E-state index contributed by atoms with van der Waals surface area (Å²) in [6, 6.07) is 11.5. The van der Waals surface area contributed by atoms with Gasteiger partial charge in [-0.3, -0.25) is 0 Å². The van der Waals surface area contributed by atoms with Gasteiger partial charge in [0.15, 0.2) is 0 Å². The zero-order valence-electron chi connectivity index (χ0n) is 15.7. The molecule has 1 N–H and O–H groups in total. The number of anilines is 1. The van der Waals surface area contributed by atoms with Crippen LogP contribution in [0.25, 0.3) is 0 Å². The first-order chi connectivity index (χ1) is 12.6. The third-order valence-corrected chi connectivity index (χ3v) is 6.06. The molecule has 27 heavy (non-hydrogen) atoms. The normalized spacial score (nSPS) is 12.5. The number of rotatable bonds is 7. The zero-order valence-corrected chi connectivity index (χ0v) is 17.3. The van der Waals surface area contributed by atoms with Crippen LogP contribution in [0.1, 0.15) is 22.8 Å². The summed E-state index contributed by atoms with van der Waals surface area (Å²) >= 11 is 6.04. The molecule has 0 saturated carbocycles.